The summed E-state index contributed by atoms with van der Waals surface area (Å²) in [5, 5.41) is 9.08. The largest absolute Gasteiger partial charge is 0.508 e. The Hall–Kier alpha value is -0.830. The summed E-state index contributed by atoms with van der Waals surface area (Å²) < 4.78 is 0. The number of thioether (sulfide) groups is 1. The van der Waals surface area contributed by atoms with Crippen LogP contribution in [0.25, 0.3) is 0 Å². The van der Waals surface area contributed by atoms with Gasteiger partial charge in [0.2, 0.25) is 0 Å². The molecule has 0 radical (unpaired) electrons. The summed E-state index contributed by atoms with van der Waals surface area (Å²) in [7, 11) is 0. The van der Waals surface area contributed by atoms with E-state index in [0.29, 0.717) is 5.69 Å². The molecule has 1 aromatic carbocycles. The minimum absolute atomic E-state index is 0.234. The topological polar surface area (TPSA) is 46.2 Å². The van der Waals surface area contributed by atoms with Crippen LogP contribution in [-0.2, 0) is 5.75 Å². The molecular weight excluding hydrogens is 170 g/mol. The highest BCUT2D eigenvalue weighted by molar-refractivity contribution is 7.98. The summed E-state index contributed by atoms with van der Waals surface area (Å²) in [4.78, 5) is 0. The smallest absolute Gasteiger partial charge is 0.117 e. The number of benzene rings is 1. The number of hydrogen-bond acceptors (Lipinski definition) is 3. The van der Waals surface area contributed by atoms with Gasteiger partial charge in [0.15, 0.2) is 0 Å². The fourth-order valence-electron chi connectivity index (χ4n) is 0.926. The van der Waals surface area contributed by atoms with Gasteiger partial charge < -0.3 is 10.8 Å². The van der Waals surface area contributed by atoms with E-state index in [9.17, 15) is 0 Å². The van der Waals surface area contributed by atoms with Crippen molar-refractivity contribution in [2.24, 2.45) is 0 Å². The Bertz CT molecular complexity index is 263. The maximum Gasteiger partial charge on any atom is 0.117 e. The predicted molar refractivity (Wildman–Crippen MR) is 54.4 cm³/mol. The van der Waals surface area contributed by atoms with E-state index in [1.807, 2.05) is 17.8 Å². The molecule has 0 aromatic heterocycles. The lowest BCUT2D eigenvalue weighted by Gasteiger charge is -2.04. The van der Waals surface area contributed by atoms with E-state index in [0.717, 1.165) is 17.1 Å². The van der Waals surface area contributed by atoms with E-state index in [1.54, 1.807) is 12.1 Å². The average molecular weight is 183 g/mol. The number of anilines is 1. The van der Waals surface area contributed by atoms with E-state index in [-0.39, 0.29) is 5.75 Å². The summed E-state index contributed by atoms with van der Waals surface area (Å²) in [6.45, 7) is 2.11. The molecule has 3 heteroatoms. The first kappa shape index (κ1) is 9.26. The number of phenols is 1. The molecule has 0 aliphatic carbocycles. The van der Waals surface area contributed by atoms with Crippen LogP contribution in [0.5, 0.6) is 5.75 Å². The number of nitrogens with two attached hydrogens (primary N) is 1. The molecule has 3 N–H and O–H groups in total. The van der Waals surface area contributed by atoms with Crippen molar-refractivity contribution >= 4 is 17.4 Å². The van der Waals surface area contributed by atoms with Crippen molar-refractivity contribution in [2.45, 2.75) is 12.7 Å². The maximum atomic E-state index is 9.08. The van der Waals surface area contributed by atoms with Gasteiger partial charge in [-0.25, -0.2) is 0 Å². The maximum absolute atomic E-state index is 9.08. The van der Waals surface area contributed by atoms with Crippen molar-refractivity contribution < 1.29 is 5.11 Å². The summed E-state index contributed by atoms with van der Waals surface area (Å²) in [5.74, 6) is 2.24. The van der Waals surface area contributed by atoms with Crippen molar-refractivity contribution in [1.82, 2.24) is 0 Å². The van der Waals surface area contributed by atoms with Gasteiger partial charge in [0.25, 0.3) is 0 Å². The van der Waals surface area contributed by atoms with Crippen molar-refractivity contribution in [1.29, 1.82) is 0 Å². The first-order valence-corrected chi connectivity index (χ1v) is 5.04. The molecule has 0 unspecified atom stereocenters. The number of aromatic hydroxyl groups is 1. The van der Waals surface area contributed by atoms with Gasteiger partial charge in [-0.05, 0) is 17.4 Å². The zero-order chi connectivity index (χ0) is 8.97. The monoisotopic (exact) mass is 183 g/mol. The number of hydrogen-bond donors (Lipinski definition) is 2. The zero-order valence-electron chi connectivity index (χ0n) is 7.08. The molecule has 0 aliphatic heterocycles. The Morgan fingerprint density at radius 1 is 1.50 bits per heavy atom. The molecule has 0 saturated carbocycles. The minimum Gasteiger partial charge on any atom is -0.508 e. The number of rotatable bonds is 3. The molecule has 0 heterocycles. The molecule has 0 saturated heterocycles. The summed E-state index contributed by atoms with van der Waals surface area (Å²) >= 11 is 1.82. The Kier molecular flexibility index (Phi) is 3.29. The van der Waals surface area contributed by atoms with Gasteiger partial charge in [-0.1, -0.05) is 13.0 Å². The molecule has 1 rings (SSSR count). The van der Waals surface area contributed by atoms with E-state index in [2.05, 4.69) is 6.92 Å². The van der Waals surface area contributed by atoms with Crippen LogP contribution in [0.1, 0.15) is 12.5 Å². The molecule has 1 aromatic rings. The Labute approximate surface area is 76.8 Å². The molecule has 2 nitrogen and oxygen atoms in total. The fraction of sp³-hybridized carbons (Fsp3) is 0.333. The third-order valence-electron chi connectivity index (χ3n) is 1.59. The lowest BCUT2D eigenvalue weighted by atomic mass is 10.2. The van der Waals surface area contributed by atoms with Gasteiger partial charge >= 0.3 is 0 Å². The molecule has 0 spiro atoms. The SMILES string of the molecule is CCSCc1ccc(O)cc1N. The number of nitrogen functional groups attached to an aromatic ring is 1. The van der Waals surface area contributed by atoms with E-state index in [4.69, 9.17) is 10.8 Å². The van der Waals surface area contributed by atoms with Crippen LogP contribution >= 0.6 is 11.8 Å². The van der Waals surface area contributed by atoms with Gasteiger partial charge in [-0.2, -0.15) is 11.8 Å². The van der Waals surface area contributed by atoms with Gasteiger partial charge in [-0.15, -0.1) is 0 Å². The minimum atomic E-state index is 0.234. The summed E-state index contributed by atoms with van der Waals surface area (Å²) in [6.07, 6.45) is 0. The van der Waals surface area contributed by atoms with Crippen LogP contribution in [0.3, 0.4) is 0 Å². The van der Waals surface area contributed by atoms with Gasteiger partial charge in [-0.3, -0.25) is 0 Å². The lowest BCUT2D eigenvalue weighted by molar-refractivity contribution is 0.475. The van der Waals surface area contributed by atoms with Gasteiger partial charge in [0, 0.05) is 17.5 Å². The van der Waals surface area contributed by atoms with Crippen molar-refractivity contribution in [3.63, 3.8) is 0 Å². The lowest BCUT2D eigenvalue weighted by Crippen LogP contribution is -1.91. The van der Waals surface area contributed by atoms with E-state index in [1.165, 1.54) is 0 Å². The molecule has 12 heavy (non-hydrogen) atoms. The highest BCUT2D eigenvalue weighted by Gasteiger charge is 1.98. The summed E-state index contributed by atoms with van der Waals surface area (Å²) in [6, 6.07) is 5.13. The first-order valence-electron chi connectivity index (χ1n) is 3.89. The van der Waals surface area contributed by atoms with Crippen LogP contribution in [-0.4, -0.2) is 10.9 Å². The van der Waals surface area contributed by atoms with Crippen molar-refractivity contribution in [3.05, 3.63) is 23.8 Å². The summed E-state index contributed by atoms with van der Waals surface area (Å²) in [5.41, 5.74) is 7.46. The molecule has 0 fully saturated rings. The van der Waals surface area contributed by atoms with Gasteiger partial charge in [0.05, 0.1) is 0 Å². The van der Waals surface area contributed by atoms with Crippen LogP contribution in [0.4, 0.5) is 5.69 Å². The standard InChI is InChI=1S/C9H13NOS/c1-2-12-6-7-3-4-8(11)5-9(7)10/h3-5,11H,2,6,10H2,1H3. The molecule has 0 amide bonds. The molecule has 0 aliphatic rings. The highest BCUT2D eigenvalue weighted by Crippen LogP contribution is 2.22. The molecular formula is C9H13NOS. The van der Waals surface area contributed by atoms with Crippen LogP contribution in [0, 0.1) is 0 Å². The predicted octanol–water partition coefficient (Wildman–Crippen LogP) is 2.23. The molecule has 0 atom stereocenters. The third-order valence-corrected chi connectivity index (χ3v) is 2.51. The Balaban J connectivity index is 2.72. The second kappa shape index (κ2) is 4.26. The van der Waals surface area contributed by atoms with Crippen LogP contribution < -0.4 is 5.73 Å². The quantitative estimate of drug-likeness (QED) is 0.706. The highest BCUT2D eigenvalue weighted by atomic mass is 32.2. The zero-order valence-corrected chi connectivity index (χ0v) is 7.90. The first-order chi connectivity index (χ1) is 5.74. The molecule has 66 valence electrons. The normalized spacial score (nSPS) is 10.1. The fourth-order valence-corrected chi connectivity index (χ4v) is 1.61. The van der Waals surface area contributed by atoms with Crippen LogP contribution in [0.15, 0.2) is 18.2 Å². The molecule has 0 bridgehead atoms. The van der Waals surface area contributed by atoms with Gasteiger partial charge in [0.1, 0.15) is 5.75 Å². The van der Waals surface area contributed by atoms with Crippen molar-refractivity contribution in [3.8, 4) is 5.75 Å². The number of phenolic OH excluding ortho intramolecular Hbond substituents is 1. The second-order valence-electron chi connectivity index (χ2n) is 2.52. The third kappa shape index (κ3) is 2.34. The van der Waals surface area contributed by atoms with E-state index < -0.39 is 0 Å². The average Bonchev–Trinajstić information content (AvgIpc) is 2.03. The van der Waals surface area contributed by atoms with Crippen LogP contribution in [0.2, 0.25) is 0 Å². The Morgan fingerprint density at radius 3 is 2.83 bits per heavy atom. The second-order valence-corrected chi connectivity index (χ2v) is 3.79. The Morgan fingerprint density at radius 2 is 2.25 bits per heavy atom. The van der Waals surface area contributed by atoms with Crippen molar-refractivity contribution in [2.75, 3.05) is 11.5 Å². The van der Waals surface area contributed by atoms with E-state index >= 15 is 0 Å².